The van der Waals surface area contributed by atoms with Gasteiger partial charge in [-0.1, -0.05) is 152 Å². The molecule has 0 N–H and O–H groups in total. The second-order valence-electron chi connectivity index (χ2n) is 12.9. The average molecular weight is 652 g/mol. The number of benzene rings is 6. The molecule has 6 aromatic carbocycles. The van der Waals surface area contributed by atoms with E-state index in [9.17, 15) is 0 Å². The van der Waals surface area contributed by atoms with Gasteiger partial charge in [-0.3, -0.25) is 4.98 Å². The van der Waals surface area contributed by atoms with Gasteiger partial charge in [-0.2, -0.15) is 0 Å². The standard InChI is InChI=1S/C48H33N3/c1-32-28-43(35-14-7-3-8-15-35)42-26-24-38-25-27-44(51-47(38)48(42)49-32)40-19-11-18-39(29-40)34-20-22-37(23-21-34)46-31-41(33-12-5-2-6-13-33)30-45(50-46)36-16-9-4-10-17-36/h2-31H,1H3. The lowest BCUT2D eigenvalue weighted by Crippen LogP contribution is -1.93. The molecule has 0 aliphatic rings. The number of hydrogen-bond donors (Lipinski definition) is 0. The van der Waals surface area contributed by atoms with Gasteiger partial charge in [0.15, 0.2) is 0 Å². The van der Waals surface area contributed by atoms with Crippen LogP contribution in [0.3, 0.4) is 0 Å². The van der Waals surface area contributed by atoms with Crippen LogP contribution in [-0.2, 0) is 0 Å². The van der Waals surface area contributed by atoms with Gasteiger partial charge in [0, 0.05) is 33.2 Å². The van der Waals surface area contributed by atoms with Crippen LogP contribution in [0.1, 0.15) is 5.69 Å². The van der Waals surface area contributed by atoms with Crippen LogP contribution >= 0.6 is 0 Å². The first-order valence-electron chi connectivity index (χ1n) is 17.3. The van der Waals surface area contributed by atoms with Crippen molar-refractivity contribution in [3.8, 4) is 67.2 Å². The summed E-state index contributed by atoms with van der Waals surface area (Å²) in [5.74, 6) is 0. The molecule has 3 aromatic heterocycles. The Kier molecular flexibility index (Phi) is 7.71. The Morgan fingerprint density at radius 1 is 0.314 bits per heavy atom. The van der Waals surface area contributed by atoms with Gasteiger partial charge in [0.1, 0.15) is 0 Å². The van der Waals surface area contributed by atoms with Crippen LogP contribution in [0, 0.1) is 6.92 Å². The number of rotatable bonds is 6. The highest BCUT2D eigenvalue weighted by molar-refractivity contribution is 6.08. The lowest BCUT2D eigenvalue weighted by atomic mass is 9.97. The first kappa shape index (κ1) is 30.4. The van der Waals surface area contributed by atoms with E-state index in [0.29, 0.717) is 0 Å². The third kappa shape index (κ3) is 5.96. The molecule has 0 saturated carbocycles. The molecule has 0 radical (unpaired) electrons. The highest BCUT2D eigenvalue weighted by Crippen LogP contribution is 2.35. The number of hydrogen-bond acceptors (Lipinski definition) is 3. The third-order valence-electron chi connectivity index (χ3n) is 9.53. The number of aromatic nitrogens is 3. The van der Waals surface area contributed by atoms with Gasteiger partial charge in [-0.15, -0.1) is 0 Å². The smallest absolute Gasteiger partial charge is 0.0974 e. The zero-order valence-corrected chi connectivity index (χ0v) is 28.2. The van der Waals surface area contributed by atoms with E-state index < -0.39 is 0 Å². The van der Waals surface area contributed by atoms with Gasteiger partial charge >= 0.3 is 0 Å². The van der Waals surface area contributed by atoms with Gasteiger partial charge in [-0.05, 0) is 70.6 Å². The molecule has 3 heterocycles. The van der Waals surface area contributed by atoms with Crippen molar-refractivity contribution in [3.63, 3.8) is 0 Å². The van der Waals surface area contributed by atoms with Crippen LogP contribution in [0.25, 0.3) is 89.0 Å². The highest BCUT2D eigenvalue weighted by Gasteiger charge is 2.13. The van der Waals surface area contributed by atoms with Crippen molar-refractivity contribution in [1.29, 1.82) is 0 Å². The molecule has 0 amide bonds. The van der Waals surface area contributed by atoms with Crippen molar-refractivity contribution in [1.82, 2.24) is 15.0 Å². The van der Waals surface area contributed by atoms with Gasteiger partial charge in [0.05, 0.1) is 28.1 Å². The molecule has 0 bridgehead atoms. The van der Waals surface area contributed by atoms with Gasteiger partial charge in [0.2, 0.25) is 0 Å². The lowest BCUT2D eigenvalue weighted by molar-refractivity contribution is 1.25. The quantitative estimate of drug-likeness (QED) is 0.168. The number of nitrogens with zero attached hydrogens (tertiary/aromatic N) is 3. The molecule has 9 aromatic rings. The molecular formula is C48H33N3. The maximum Gasteiger partial charge on any atom is 0.0974 e. The minimum atomic E-state index is 0.917. The van der Waals surface area contributed by atoms with Crippen molar-refractivity contribution < 1.29 is 0 Å². The van der Waals surface area contributed by atoms with E-state index in [1.54, 1.807) is 0 Å². The zero-order valence-electron chi connectivity index (χ0n) is 28.2. The first-order valence-corrected chi connectivity index (χ1v) is 17.3. The van der Waals surface area contributed by atoms with E-state index >= 15 is 0 Å². The van der Waals surface area contributed by atoms with Gasteiger partial charge < -0.3 is 0 Å². The van der Waals surface area contributed by atoms with Crippen molar-refractivity contribution in [3.05, 3.63) is 188 Å². The molecular weight excluding hydrogens is 619 g/mol. The summed E-state index contributed by atoms with van der Waals surface area (Å²) in [6.07, 6.45) is 0. The molecule has 3 heteroatoms. The fourth-order valence-corrected chi connectivity index (χ4v) is 6.94. The van der Waals surface area contributed by atoms with Crippen LogP contribution in [0.15, 0.2) is 182 Å². The summed E-state index contributed by atoms with van der Waals surface area (Å²) in [5.41, 5.74) is 15.8. The van der Waals surface area contributed by atoms with E-state index in [-0.39, 0.29) is 0 Å². The maximum atomic E-state index is 5.23. The minimum Gasteiger partial charge on any atom is -0.251 e. The third-order valence-corrected chi connectivity index (χ3v) is 9.53. The summed E-state index contributed by atoms with van der Waals surface area (Å²) in [6, 6.07) is 63.9. The first-order chi connectivity index (χ1) is 25.2. The normalized spacial score (nSPS) is 11.2. The monoisotopic (exact) mass is 651 g/mol. The summed E-state index contributed by atoms with van der Waals surface area (Å²) in [4.78, 5) is 15.4. The zero-order chi connectivity index (χ0) is 34.1. The summed E-state index contributed by atoms with van der Waals surface area (Å²) in [7, 11) is 0. The Balaban J connectivity index is 1.07. The molecule has 0 unspecified atom stereocenters. The average Bonchev–Trinajstić information content (AvgIpc) is 3.21. The van der Waals surface area contributed by atoms with E-state index in [0.717, 1.165) is 78.0 Å². The molecule has 3 nitrogen and oxygen atoms in total. The Hall–Kier alpha value is -6.71. The van der Waals surface area contributed by atoms with Crippen molar-refractivity contribution >= 4 is 21.8 Å². The largest absolute Gasteiger partial charge is 0.251 e. The summed E-state index contributed by atoms with van der Waals surface area (Å²) >= 11 is 0. The fraction of sp³-hybridized carbons (Fsp3) is 0.0208. The molecule has 0 aliphatic heterocycles. The van der Waals surface area contributed by atoms with Crippen LogP contribution in [0.5, 0.6) is 0 Å². The predicted molar refractivity (Wildman–Crippen MR) is 212 cm³/mol. The Morgan fingerprint density at radius 2 is 0.863 bits per heavy atom. The van der Waals surface area contributed by atoms with Crippen molar-refractivity contribution in [2.45, 2.75) is 6.92 Å². The molecule has 240 valence electrons. The van der Waals surface area contributed by atoms with Crippen LogP contribution in [0.4, 0.5) is 0 Å². The van der Waals surface area contributed by atoms with E-state index in [1.165, 1.54) is 16.7 Å². The Bertz CT molecular complexity index is 2610. The fourth-order valence-electron chi connectivity index (χ4n) is 6.94. The molecule has 0 saturated heterocycles. The molecule has 9 rings (SSSR count). The maximum absolute atomic E-state index is 5.23. The van der Waals surface area contributed by atoms with Crippen LogP contribution < -0.4 is 0 Å². The Morgan fingerprint density at radius 3 is 1.57 bits per heavy atom. The summed E-state index contributed by atoms with van der Waals surface area (Å²) < 4.78 is 0. The topological polar surface area (TPSA) is 38.7 Å². The predicted octanol–water partition coefficient (Wildman–Crippen LogP) is 12.5. The molecule has 0 atom stereocenters. The SMILES string of the molecule is Cc1cc(-c2ccccc2)c2ccc3ccc(-c4cccc(-c5ccc(-c6cc(-c7ccccc7)cc(-c7ccccc7)n6)cc5)c4)nc3c2n1. The van der Waals surface area contributed by atoms with Crippen LogP contribution in [-0.4, -0.2) is 15.0 Å². The van der Waals surface area contributed by atoms with E-state index in [1.807, 2.05) is 6.07 Å². The molecule has 0 spiro atoms. The molecule has 0 fully saturated rings. The summed E-state index contributed by atoms with van der Waals surface area (Å²) in [6.45, 7) is 2.06. The highest BCUT2D eigenvalue weighted by atomic mass is 14.8. The second-order valence-corrected chi connectivity index (χ2v) is 12.9. The summed E-state index contributed by atoms with van der Waals surface area (Å²) in [5, 5.41) is 2.19. The Labute approximate surface area is 297 Å². The van der Waals surface area contributed by atoms with Gasteiger partial charge in [0.25, 0.3) is 0 Å². The molecule has 51 heavy (non-hydrogen) atoms. The lowest BCUT2D eigenvalue weighted by Gasteiger charge is -2.12. The number of pyridine rings is 3. The number of fused-ring (bicyclic) bond motifs is 3. The van der Waals surface area contributed by atoms with Crippen molar-refractivity contribution in [2.24, 2.45) is 0 Å². The number of aryl methyl sites for hydroxylation is 1. The van der Waals surface area contributed by atoms with Crippen LogP contribution in [0.2, 0.25) is 0 Å². The van der Waals surface area contributed by atoms with Gasteiger partial charge in [-0.25, -0.2) is 9.97 Å². The van der Waals surface area contributed by atoms with E-state index in [2.05, 4.69) is 183 Å². The van der Waals surface area contributed by atoms with E-state index in [4.69, 9.17) is 15.0 Å². The van der Waals surface area contributed by atoms with Crippen molar-refractivity contribution in [2.75, 3.05) is 0 Å². The minimum absolute atomic E-state index is 0.917. The molecule has 0 aliphatic carbocycles. The second kappa shape index (κ2) is 13.0.